The first-order chi connectivity index (χ1) is 55.4. The van der Waals surface area contributed by atoms with Crippen molar-refractivity contribution in [2.45, 2.75) is 84.1 Å². The van der Waals surface area contributed by atoms with Crippen LogP contribution in [0, 0.1) is 0 Å². The van der Waals surface area contributed by atoms with Crippen LogP contribution in [0.4, 0.5) is 0 Å². The van der Waals surface area contributed by atoms with Crippen LogP contribution in [0.2, 0.25) is 0 Å². The van der Waals surface area contributed by atoms with Gasteiger partial charge in [-0.3, -0.25) is 54.6 Å². The van der Waals surface area contributed by atoms with Gasteiger partial charge in [-0.1, -0.05) is 115 Å². The van der Waals surface area contributed by atoms with Crippen molar-refractivity contribution in [3.8, 4) is 0 Å². The average molecular weight is 1540 g/mol. The van der Waals surface area contributed by atoms with E-state index in [-0.39, 0.29) is 18.4 Å². The Morgan fingerprint density at radius 2 is 0.807 bits per heavy atom. The molecule has 0 bridgehead atoms. The average Bonchev–Trinajstić information content (AvgIpc) is 1.68. The van der Waals surface area contributed by atoms with E-state index in [1.165, 1.54) is 40.9 Å². The quantitative estimate of drug-likeness (QED) is 0.00865. The molecule has 6 aromatic heterocycles. The van der Waals surface area contributed by atoms with E-state index in [0.29, 0.717) is 24.4 Å². The summed E-state index contributed by atoms with van der Waals surface area (Å²) in [6.45, 7) is 4.39. The van der Waals surface area contributed by atoms with Crippen LogP contribution >= 0.6 is 0 Å². The molecule has 6 heterocycles. The van der Waals surface area contributed by atoms with Crippen LogP contribution in [0.3, 0.4) is 0 Å². The summed E-state index contributed by atoms with van der Waals surface area (Å²) in [4.78, 5) is 98.1. The standard InChI is InChI=1S/C24H25N5O2.C24H30N4O2.C20H20N4O3.C18H17N5O3/c30-24(27-31)12-9-20-7-10-22-21(17-20)26-23(11-8-19-5-2-1-3-6-19)29(22)15-4-14-28-16-13-25-18-28;1-27(2)16-6-7-17-28-22-13-10-20(12-15-24(29)26-30)18-21(22)25-23(28)14-11-19-8-4-3-5-9-19;1-24-17-9-7-15(8-10-19(25)23-27)11-16(17)22-18(24)13-21-20(26)12-14-5-3-2-4-6-14;1-23-15-4-2-12(3-5-17(24)22-26)10-14(15)21-16(23)11-20-18(25)13-6-8-19-9-7-13/h1-3,5-7,9-10,12-13,16-18,31H,4,8,11,14-15H2,(H,27,30);3-5,8-10,12-13,15,18,30H,6-7,11,14,16-17H2,1-2H3,(H,26,29);2-11,27H,12-13H2,1H3,(H,21,26)(H,23,25);2-10,26H,11H2,1H3,(H,20,25)(H,22,24)/b12-9+;15-12+;10-8+;5-3+. The first kappa shape index (κ1) is 82.8. The van der Waals surface area contributed by atoms with Crippen LogP contribution in [0.25, 0.3) is 68.4 Å². The van der Waals surface area contributed by atoms with Gasteiger partial charge >= 0.3 is 0 Å². The van der Waals surface area contributed by atoms with Gasteiger partial charge in [0.25, 0.3) is 29.5 Å². The number of aromatic nitrogens is 11. The number of nitrogens with one attached hydrogen (secondary N) is 6. The molecule has 28 nitrogen and oxygen atoms in total. The lowest BCUT2D eigenvalue weighted by atomic mass is 10.1. The fourth-order valence-electron chi connectivity index (χ4n) is 12.5. The van der Waals surface area contributed by atoms with Crippen LogP contribution in [0.15, 0.2) is 231 Å². The number of amides is 6. The summed E-state index contributed by atoms with van der Waals surface area (Å²) in [5.41, 5.74) is 21.0. The van der Waals surface area contributed by atoms with E-state index in [0.717, 1.165) is 161 Å². The molecule has 0 unspecified atom stereocenters. The third kappa shape index (κ3) is 24.7. The summed E-state index contributed by atoms with van der Waals surface area (Å²) in [5.74, 6) is 1.01. The lowest BCUT2D eigenvalue weighted by molar-refractivity contribution is -0.124. The highest BCUT2D eigenvalue weighted by Crippen LogP contribution is 2.25. The molecular formula is C86H92N18O10. The van der Waals surface area contributed by atoms with Crippen molar-refractivity contribution in [2.24, 2.45) is 14.1 Å². The monoisotopic (exact) mass is 1540 g/mol. The Kier molecular flexibility index (Phi) is 30.9. The maximum Gasteiger partial charge on any atom is 0.267 e. The van der Waals surface area contributed by atoms with Gasteiger partial charge in [0.05, 0.1) is 70.0 Å². The summed E-state index contributed by atoms with van der Waals surface area (Å²) in [6.07, 6.45) is 27.4. The molecule has 0 saturated heterocycles. The molecule has 28 heteroatoms. The number of hydrogen-bond donors (Lipinski definition) is 10. The van der Waals surface area contributed by atoms with E-state index in [4.69, 9.17) is 30.8 Å². The minimum Gasteiger partial charge on any atom is -0.349 e. The second-order valence-corrected chi connectivity index (χ2v) is 26.8. The fourth-order valence-corrected chi connectivity index (χ4v) is 12.5. The Hall–Kier alpha value is -13.6. The van der Waals surface area contributed by atoms with Crippen molar-refractivity contribution < 1.29 is 49.6 Å². The number of hydroxylamine groups is 4. The van der Waals surface area contributed by atoms with Crippen molar-refractivity contribution in [1.29, 1.82) is 0 Å². The normalized spacial score (nSPS) is 11.3. The summed E-state index contributed by atoms with van der Waals surface area (Å²) < 4.78 is 10.5. The predicted molar refractivity (Wildman–Crippen MR) is 436 cm³/mol. The van der Waals surface area contributed by atoms with E-state index >= 15 is 0 Å². The lowest BCUT2D eigenvalue weighted by Gasteiger charge is -2.12. The second-order valence-electron chi connectivity index (χ2n) is 26.8. The van der Waals surface area contributed by atoms with E-state index in [2.05, 4.69) is 118 Å². The Balaban J connectivity index is 0.000000161. The van der Waals surface area contributed by atoms with Gasteiger partial charge in [0.2, 0.25) is 5.91 Å². The van der Waals surface area contributed by atoms with Gasteiger partial charge in [-0.25, -0.2) is 46.8 Å². The van der Waals surface area contributed by atoms with Crippen LogP contribution in [-0.2, 0) is 103 Å². The second kappa shape index (κ2) is 42.5. The van der Waals surface area contributed by atoms with E-state index < -0.39 is 23.6 Å². The van der Waals surface area contributed by atoms with Gasteiger partial charge in [-0.15, -0.1) is 0 Å². The minimum atomic E-state index is -0.606. The minimum absolute atomic E-state index is 0.0631. The number of unbranched alkanes of at least 4 members (excludes halogenated alkanes) is 1. The van der Waals surface area contributed by atoms with E-state index in [9.17, 15) is 28.8 Å². The lowest BCUT2D eigenvalue weighted by Crippen LogP contribution is -2.25. The van der Waals surface area contributed by atoms with E-state index in [1.807, 2.05) is 145 Å². The molecule has 13 rings (SSSR count). The maximum atomic E-state index is 12.1. The highest BCUT2D eigenvalue weighted by atomic mass is 16.5. The number of nitrogens with zero attached hydrogens (tertiary/aromatic N) is 12. The van der Waals surface area contributed by atoms with Gasteiger partial charge < -0.3 is 38.4 Å². The van der Waals surface area contributed by atoms with Gasteiger partial charge in [-0.05, 0) is 177 Å². The van der Waals surface area contributed by atoms with Crippen LogP contribution in [-0.4, -0.2) is 135 Å². The first-order valence-electron chi connectivity index (χ1n) is 37.0. The molecule has 0 atom stereocenters. The number of aryl methyl sites for hydroxylation is 9. The molecule has 586 valence electrons. The molecular weight excluding hydrogens is 1450 g/mol. The number of pyridine rings is 1. The number of hydrogen-bond acceptors (Lipinski definition) is 17. The SMILES string of the molecule is CN(C)CCCCn1c(CCc2ccccc2)nc2cc(/C=C/C(=O)NO)ccc21.Cn1c(CNC(=O)Cc2ccccc2)nc2cc(/C=C/C(=O)NO)ccc21.Cn1c(CNC(=O)c2ccncc2)nc2cc(/C=C/C(=O)NO)ccc21.O=C(/C=C/c1ccc2c(c1)nc(CCc1ccccc1)n2CCCn1ccnc1)NO. The number of fused-ring (bicyclic) bond motifs is 4. The van der Waals surface area contributed by atoms with Crippen molar-refractivity contribution >= 4 is 104 Å². The number of imidazole rings is 5. The van der Waals surface area contributed by atoms with Crippen molar-refractivity contribution in [1.82, 2.24) is 90.2 Å². The molecule has 10 N–H and O–H groups in total. The summed E-state index contributed by atoms with van der Waals surface area (Å²) >= 11 is 0. The molecule has 0 saturated carbocycles. The third-order valence-corrected chi connectivity index (χ3v) is 18.4. The van der Waals surface area contributed by atoms with Gasteiger partial charge in [-0.2, -0.15) is 0 Å². The molecule has 0 aliphatic rings. The molecule has 0 fully saturated rings. The van der Waals surface area contributed by atoms with Crippen molar-refractivity contribution in [3.05, 3.63) is 299 Å². The zero-order valence-corrected chi connectivity index (χ0v) is 63.8. The molecule has 13 aromatic rings. The topological polar surface area (TPSA) is 361 Å². The van der Waals surface area contributed by atoms with Crippen LogP contribution in [0.5, 0.6) is 0 Å². The summed E-state index contributed by atoms with van der Waals surface area (Å²) in [7, 11) is 7.97. The van der Waals surface area contributed by atoms with Crippen molar-refractivity contribution in [2.75, 3.05) is 20.6 Å². The number of carbonyl (C=O) groups excluding carboxylic acids is 6. The van der Waals surface area contributed by atoms with Crippen LogP contribution in [0.1, 0.15) is 91.9 Å². The summed E-state index contributed by atoms with van der Waals surface area (Å²) in [5, 5.41) is 40.1. The maximum absolute atomic E-state index is 12.1. The number of carbonyl (C=O) groups is 6. The molecule has 0 aliphatic carbocycles. The third-order valence-electron chi connectivity index (χ3n) is 18.4. The Morgan fingerprint density at radius 3 is 1.22 bits per heavy atom. The smallest absolute Gasteiger partial charge is 0.267 e. The fraction of sp³-hybridized carbons (Fsp3) is 0.209. The molecule has 0 spiro atoms. The van der Waals surface area contributed by atoms with Gasteiger partial charge in [0.15, 0.2) is 0 Å². The molecule has 6 amide bonds. The Morgan fingerprint density at radius 1 is 0.412 bits per heavy atom. The zero-order chi connectivity index (χ0) is 80.6. The Labute approximate surface area is 658 Å². The predicted octanol–water partition coefficient (Wildman–Crippen LogP) is 10.7. The molecule has 0 aliphatic heterocycles. The number of benzene rings is 7. The molecule has 114 heavy (non-hydrogen) atoms. The first-order valence-corrected chi connectivity index (χ1v) is 37.0. The molecule has 7 aromatic carbocycles. The highest BCUT2D eigenvalue weighted by molar-refractivity contribution is 5.95. The molecule has 0 radical (unpaired) electrons. The highest BCUT2D eigenvalue weighted by Gasteiger charge is 2.17. The number of rotatable bonds is 30. The van der Waals surface area contributed by atoms with E-state index in [1.54, 1.807) is 71.5 Å². The Bertz CT molecular complexity index is 5480. The summed E-state index contributed by atoms with van der Waals surface area (Å²) in [6, 6.07) is 56.9. The van der Waals surface area contributed by atoms with Gasteiger partial charge in [0.1, 0.15) is 23.3 Å². The zero-order valence-electron chi connectivity index (χ0n) is 63.8. The van der Waals surface area contributed by atoms with Crippen LogP contribution < -0.4 is 32.6 Å². The van der Waals surface area contributed by atoms with Gasteiger partial charge in [0, 0.05) is 101 Å². The van der Waals surface area contributed by atoms with Crippen molar-refractivity contribution in [3.63, 3.8) is 0 Å². The largest absolute Gasteiger partial charge is 0.349 e.